The Morgan fingerprint density at radius 2 is 2.42 bits per heavy atom. The third-order valence-electron chi connectivity index (χ3n) is 3.61. The number of likely N-dealkylation sites (tertiary alicyclic amines) is 1. The van der Waals surface area contributed by atoms with Crippen LogP contribution < -0.4 is 0 Å². The maximum Gasteiger partial charge on any atom is 0.257 e. The summed E-state index contributed by atoms with van der Waals surface area (Å²) < 4.78 is 6.90. The molecular formula is C14H17N3O2. The van der Waals surface area contributed by atoms with E-state index < -0.39 is 0 Å². The summed E-state index contributed by atoms with van der Waals surface area (Å²) in [6, 6.07) is 3.85. The molecule has 5 nitrogen and oxygen atoms in total. The molecule has 5 heteroatoms. The number of hydrogen-bond acceptors (Lipinski definition) is 3. The van der Waals surface area contributed by atoms with Gasteiger partial charge >= 0.3 is 0 Å². The van der Waals surface area contributed by atoms with Gasteiger partial charge in [0.15, 0.2) is 0 Å². The summed E-state index contributed by atoms with van der Waals surface area (Å²) in [6.45, 7) is 1.58. The molecule has 0 N–H and O–H groups in total. The van der Waals surface area contributed by atoms with Gasteiger partial charge in [-0.05, 0) is 31.4 Å². The quantitative estimate of drug-likeness (QED) is 0.848. The average Bonchev–Trinajstić information content (AvgIpc) is 3.11. The molecule has 2 aromatic rings. The molecule has 1 aliphatic rings. The molecule has 0 saturated carbocycles. The summed E-state index contributed by atoms with van der Waals surface area (Å²) in [7, 11) is 0. The van der Waals surface area contributed by atoms with E-state index in [2.05, 4.69) is 5.10 Å². The number of carbonyl (C=O) groups excluding carboxylic acids is 1. The topological polar surface area (TPSA) is 51.3 Å². The molecule has 0 spiro atoms. The van der Waals surface area contributed by atoms with E-state index in [1.807, 2.05) is 21.8 Å². The lowest BCUT2D eigenvalue weighted by Crippen LogP contribution is -2.45. The van der Waals surface area contributed by atoms with Crippen molar-refractivity contribution in [3.8, 4) is 0 Å². The van der Waals surface area contributed by atoms with Crippen LogP contribution in [0, 0.1) is 0 Å². The minimum absolute atomic E-state index is 0.0607. The van der Waals surface area contributed by atoms with Crippen LogP contribution in [-0.2, 0) is 6.54 Å². The fraction of sp³-hybridized carbons (Fsp3) is 0.429. The molecule has 0 aliphatic carbocycles. The molecule has 0 aromatic carbocycles. The average molecular weight is 259 g/mol. The van der Waals surface area contributed by atoms with Crippen LogP contribution in [0.3, 0.4) is 0 Å². The lowest BCUT2D eigenvalue weighted by atomic mass is 10.0. The third kappa shape index (κ3) is 2.54. The van der Waals surface area contributed by atoms with Gasteiger partial charge in [-0.25, -0.2) is 0 Å². The molecule has 1 unspecified atom stereocenters. The Hall–Kier alpha value is -2.04. The Kier molecular flexibility index (Phi) is 3.35. The highest BCUT2D eigenvalue weighted by Crippen LogP contribution is 2.21. The normalized spacial score (nSPS) is 19.6. The van der Waals surface area contributed by atoms with Crippen LogP contribution in [0.5, 0.6) is 0 Å². The van der Waals surface area contributed by atoms with Crippen molar-refractivity contribution in [1.82, 2.24) is 14.7 Å². The molecule has 1 aliphatic heterocycles. The fourth-order valence-corrected chi connectivity index (χ4v) is 2.63. The Balaban J connectivity index is 1.75. The van der Waals surface area contributed by atoms with Crippen molar-refractivity contribution in [2.24, 2.45) is 0 Å². The van der Waals surface area contributed by atoms with Crippen LogP contribution in [0.25, 0.3) is 0 Å². The van der Waals surface area contributed by atoms with Gasteiger partial charge in [0.2, 0.25) is 0 Å². The number of nitrogens with zero attached hydrogens (tertiary/aromatic N) is 3. The Bertz CT molecular complexity index is 519. The maximum atomic E-state index is 12.4. The van der Waals surface area contributed by atoms with Gasteiger partial charge in [-0.1, -0.05) is 0 Å². The summed E-state index contributed by atoms with van der Waals surface area (Å²) in [5, 5.41) is 4.23. The highest BCUT2D eigenvalue weighted by atomic mass is 16.3. The van der Waals surface area contributed by atoms with Gasteiger partial charge in [0, 0.05) is 18.9 Å². The first-order valence-electron chi connectivity index (χ1n) is 6.65. The predicted octanol–water partition coefficient (Wildman–Crippen LogP) is 2.17. The predicted molar refractivity (Wildman–Crippen MR) is 69.6 cm³/mol. The van der Waals surface area contributed by atoms with Crippen LogP contribution in [0.15, 0.2) is 41.5 Å². The molecule has 100 valence electrons. The van der Waals surface area contributed by atoms with E-state index in [9.17, 15) is 4.79 Å². The zero-order chi connectivity index (χ0) is 13.1. The van der Waals surface area contributed by atoms with Gasteiger partial charge in [0.05, 0.1) is 24.4 Å². The number of piperidine rings is 1. The van der Waals surface area contributed by atoms with Crippen LogP contribution in [-0.4, -0.2) is 33.2 Å². The Labute approximate surface area is 111 Å². The Morgan fingerprint density at radius 1 is 1.47 bits per heavy atom. The maximum absolute atomic E-state index is 12.4. The van der Waals surface area contributed by atoms with E-state index in [0.29, 0.717) is 5.56 Å². The number of aromatic nitrogens is 2. The smallest absolute Gasteiger partial charge is 0.257 e. The number of hydrogen-bond donors (Lipinski definition) is 0. The van der Waals surface area contributed by atoms with Crippen molar-refractivity contribution < 1.29 is 9.21 Å². The van der Waals surface area contributed by atoms with Gasteiger partial charge in [0.25, 0.3) is 5.91 Å². The van der Waals surface area contributed by atoms with Crippen molar-refractivity contribution in [1.29, 1.82) is 0 Å². The molecule has 1 saturated heterocycles. The van der Waals surface area contributed by atoms with Gasteiger partial charge in [0.1, 0.15) is 6.26 Å². The van der Waals surface area contributed by atoms with Crippen molar-refractivity contribution in [3.63, 3.8) is 0 Å². The molecular weight excluding hydrogens is 242 g/mol. The van der Waals surface area contributed by atoms with Crippen molar-refractivity contribution in [3.05, 3.63) is 42.6 Å². The van der Waals surface area contributed by atoms with Crippen molar-refractivity contribution in [2.45, 2.75) is 31.8 Å². The molecule has 0 bridgehead atoms. The first-order valence-corrected chi connectivity index (χ1v) is 6.65. The van der Waals surface area contributed by atoms with Crippen molar-refractivity contribution in [2.75, 3.05) is 6.54 Å². The van der Waals surface area contributed by atoms with E-state index in [1.54, 1.807) is 18.5 Å². The van der Waals surface area contributed by atoms with Crippen LogP contribution in [0.2, 0.25) is 0 Å². The third-order valence-corrected chi connectivity index (χ3v) is 3.61. The first-order chi connectivity index (χ1) is 9.34. The number of amides is 1. The van der Waals surface area contributed by atoms with Gasteiger partial charge in [-0.15, -0.1) is 0 Å². The lowest BCUT2D eigenvalue weighted by Gasteiger charge is -2.35. The molecule has 1 fully saturated rings. The Morgan fingerprint density at radius 3 is 3.16 bits per heavy atom. The summed E-state index contributed by atoms with van der Waals surface area (Å²) in [5.74, 6) is 0.0607. The fourth-order valence-electron chi connectivity index (χ4n) is 2.63. The van der Waals surface area contributed by atoms with Gasteiger partial charge in [-0.2, -0.15) is 5.10 Å². The zero-order valence-electron chi connectivity index (χ0n) is 10.7. The van der Waals surface area contributed by atoms with E-state index in [4.69, 9.17) is 4.42 Å². The standard InChI is InChI=1S/C14H17N3O2/c18-14(12-5-9-19-11-12)17-8-2-1-4-13(17)10-16-7-3-6-15-16/h3,5-7,9,11,13H,1-2,4,8,10H2. The second kappa shape index (κ2) is 5.30. The summed E-state index contributed by atoms with van der Waals surface area (Å²) in [4.78, 5) is 14.4. The summed E-state index contributed by atoms with van der Waals surface area (Å²) in [6.07, 6.45) is 10.0. The largest absolute Gasteiger partial charge is 0.472 e. The highest BCUT2D eigenvalue weighted by Gasteiger charge is 2.28. The van der Waals surface area contributed by atoms with E-state index in [-0.39, 0.29) is 11.9 Å². The van der Waals surface area contributed by atoms with E-state index in [1.165, 1.54) is 12.7 Å². The van der Waals surface area contributed by atoms with Gasteiger partial charge < -0.3 is 9.32 Å². The molecule has 1 atom stereocenters. The number of rotatable bonds is 3. The number of furan rings is 1. The molecule has 1 amide bonds. The monoisotopic (exact) mass is 259 g/mol. The summed E-state index contributed by atoms with van der Waals surface area (Å²) in [5.41, 5.74) is 0.632. The molecule has 3 rings (SSSR count). The van der Waals surface area contributed by atoms with Crippen molar-refractivity contribution >= 4 is 5.91 Å². The molecule has 0 radical (unpaired) electrons. The highest BCUT2D eigenvalue weighted by molar-refractivity contribution is 5.94. The molecule has 2 aromatic heterocycles. The van der Waals surface area contributed by atoms with Crippen LogP contribution >= 0.6 is 0 Å². The first kappa shape index (κ1) is 12.0. The van der Waals surface area contributed by atoms with Crippen LogP contribution in [0.4, 0.5) is 0 Å². The van der Waals surface area contributed by atoms with E-state index >= 15 is 0 Å². The number of carbonyl (C=O) groups is 1. The minimum Gasteiger partial charge on any atom is -0.472 e. The summed E-state index contributed by atoms with van der Waals surface area (Å²) >= 11 is 0. The lowest BCUT2D eigenvalue weighted by molar-refractivity contribution is 0.0583. The minimum atomic E-state index is 0.0607. The molecule has 19 heavy (non-hydrogen) atoms. The SMILES string of the molecule is O=C(c1ccoc1)N1CCCCC1Cn1cccn1. The van der Waals surface area contributed by atoms with Gasteiger partial charge in [-0.3, -0.25) is 9.48 Å². The second-order valence-electron chi connectivity index (χ2n) is 4.89. The zero-order valence-corrected chi connectivity index (χ0v) is 10.7. The van der Waals surface area contributed by atoms with Crippen LogP contribution in [0.1, 0.15) is 29.6 Å². The van der Waals surface area contributed by atoms with E-state index in [0.717, 1.165) is 25.9 Å². The molecule has 3 heterocycles. The second-order valence-corrected chi connectivity index (χ2v) is 4.89.